The second-order valence-corrected chi connectivity index (χ2v) is 6.82. The van der Waals surface area contributed by atoms with Gasteiger partial charge in [-0.2, -0.15) is 0 Å². The van der Waals surface area contributed by atoms with Gasteiger partial charge in [0.15, 0.2) is 0 Å². The molecule has 0 aromatic carbocycles. The van der Waals surface area contributed by atoms with E-state index in [0.29, 0.717) is 38.7 Å². The van der Waals surface area contributed by atoms with Crippen LogP contribution in [0.3, 0.4) is 0 Å². The molecule has 0 rings (SSSR count). The molecule has 0 aromatic heterocycles. The van der Waals surface area contributed by atoms with Crippen LogP contribution >= 0.6 is 10.3 Å². The Morgan fingerprint density at radius 3 is 2.33 bits per heavy atom. The van der Waals surface area contributed by atoms with E-state index in [-0.39, 0.29) is 0 Å². The number of rotatable bonds is 9. The molecule has 5 heteroatoms. The van der Waals surface area contributed by atoms with Gasteiger partial charge in [-0.3, -0.25) is 0 Å². The number of nitrogens with zero attached hydrogens (tertiary/aromatic N) is 1. The highest BCUT2D eigenvalue weighted by Gasteiger charge is 2.04. The van der Waals surface area contributed by atoms with E-state index in [1.807, 2.05) is 12.5 Å². The van der Waals surface area contributed by atoms with E-state index in [1.54, 1.807) is 0 Å². The van der Waals surface area contributed by atoms with Crippen molar-refractivity contribution in [2.45, 2.75) is 0 Å². The summed E-state index contributed by atoms with van der Waals surface area (Å²) in [5, 5.41) is 0. The highest BCUT2D eigenvalue weighted by atomic mass is 32.3. The van der Waals surface area contributed by atoms with Gasteiger partial charge >= 0.3 is 0 Å². The van der Waals surface area contributed by atoms with Gasteiger partial charge in [-0.05, 0) is 25.0 Å². The van der Waals surface area contributed by atoms with Gasteiger partial charge < -0.3 is 14.0 Å². The molecule has 90 valence electrons. The van der Waals surface area contributed by atoms with Gasteiger partial charge in [-0.15, -0.1) is 10.3 Å². The lowest BCUT2D eigenvalue weighted by molar-refractivity contribution is 0.0569. The van der Waals surface area contributed by atoms with Crippen LogP contribution in [0, 0.1) is 0 Å². The normalized spacial score (nSPS) is 12.2. The highest BCUT2D eigenvalue weighted by molar-refractivity contribution is 8.28. The predicted octanol–water partition coefficient (Wildman–Crippen LogP) is 1.41. The van der Waals surface area contributed by atoms with Gasteiger partial charge in [0.05, 0.1) is 33.0 Å². The number of ether oxygens (including phenoxy) is 2. The first-order chi connectivity index (χ1) is 7.06. The van der Waals surface area contributed by atoms with E-state index in [0.717, 1.165) is 0 Å². The molecule has 0 aromatic rings. The van der Waals surface area contributed by atoms with Gasteiger partial charge in [0.1, 0.15) is 0 Å². The Morgan fingerprint density at radius 1 is 1.20 bits per heavy atom. The summed E-state index contributed by atoms with van der Waals surface area (Å²) in [4.78, 5) is 3.78. The van der Waals surface area contributed by atoms with Gasteiger partial charge in [0, 0.05) is 5.75 Å². The average molecular weight is 235 g/mol. The lowest BCUT2D eigenvalue weighted by atomic mass is 10.7. The fourth-order valence-corrected chi connectivity index (χ4v) is 1.30. The van der Waals surface area contributed by atoms with Crippen molar-refractivity contribution in [1.29, 1.82) is 0 Å². The summed E-state index contributed by atoms with van der Waals surface area (Å²) in [7, 11) is -1.42. The van der Waals surface area contributed by atoms with Crippen LogP contribution in [-0.2, 0) is 9.47 Å². The molecule has 0 radical (unpaired) electrons. The Balaban J connectivity index is 3.08. The highest BCUT2D eigenvalue weighted by Crippen LogP contribution is 2.32. The summed E-state index contributed by atoms with van der Waals surface area (Å²) in [5.74, 6) is 3.15. The molecular formula is C10H21NO3S. The number of hydrogen-bond donors (Lipinski definition) is 1. The first-order valence-electron chi connectivity index (χ1n) is 4.84. The molecule has 0 bridgehead atoms. The summed E-state index contributed by atoms with van der Waals surface area (Å²) in [6.45, 7) is 6.23. The Labute approximate surface area is 93.5 Å². The van der Waals surface area contributed by atoms with Crippen LogP contribution in [0.2, 0.25) is 0 Å². The second-order valence-electron chi connectivity index (χ2n) is 3.45. The van der Waals surface area contributed by atoms with Crippen LogP contribution in [-0.4, -0.2) is 61.7 Å². The summed E-state index contributed by atoms with van der Waals surface area (Å²) in [6.07, 6.45) is 3.69. The van der Waals surface area contributed by atoms with Gasteiger partial charge in [-0.25, -0.2) is 4.99 Å². The van der Waals surface area contributed by atoms with Crippen molar-refractivity contribution in [1.82, 2.24) is 0 Å². The van der Waals surface area contributed by atoms with Gasteiger partial charge in [0.2, 0.25) is 0 Å². The van der Waals surface area contributed by atoms with Crippen molar-refractivity contribution in [2.24, 2.45) is 4.99 Å². The standard InChI is InChI=1S/C10H21NO3S/c1-4-11-5-6-13-7-8-14-9-10-15(2,3)12/h12H,1,5-10H2,2-3H3. The first kappa shape index (κ1) is 14.7. The molecule has 0 atom stereocenters. The largest absolute Gasteiger partial charge is 0.378 e. The number of hydrogen-bond acceptors (Lipinski definition) is 4. The minimum Gasteiger partial charge on any atom is -0.378 e. The SMILES string of the molecule is C=C=NCCOCCOCCS(C)(C)O. The zero-order valence-electron chi connectivity index (χ0n) is 9.57. The minimum atomic E-state index is -1.42. The van der Waals surface area contributed by atoms with Gasteiger partial charge in [0.25, 0.3) is 0 Å². The van der Waals surface area contributed by atoms with Crippen LogP contribution in [0.5, 0.6) is 0 Å². The molecule has 0 aliphatic rings. The zero-order valence-corrected chi connectivity index (χ0v) is 10.4. The molecule has 0 saturated carbocycles. The van der Waals surface area contributed by atoms with E-state index >= 15 is 0 Å². The van der Waals surface area contributed by atoms with Crippen LogP contribution in [0.1, 0.15) is 0 Å². The summed E-state index contributed by atoms with van der Waals surface area (Å²) >= 11 is 0. The third kappa shape index (κ3) is 13.7. The van der Waals surface area contributed by atoms with E-state index in [4.69, 9.17) is 9.47 Å². The molecule has 0 aliphatic heterocycles. The molecule has 0 saturated heterocycles. The lowest BCUT2D eigenvalue weighted by Gasteiger charge is -2.22. The van der Waals surface area contributed by atoms with E-state index in [1.165, 1.54) is 0 Å². The van der Waals surface area contributed by atoms with Crippen molar-refractivity contribution < 1.29 is 14.0 Å². The Hall–Kier alpha value is -0.320. The van der Waals surface area contributed by atoms with Crippen LogP contribution in [0.15, 0.2) is 11.6 Å². The molecule has 0 heterocycles. The van der Waals surface area contributed by atoms with Gasteiger partial charge in [-0.1, -0.05) is 0 Å². The fraction of sp³-hybridized carbons (Fsp3) is 0.800. The summed E-state index contributed by atoms with van der Waals surface area (Å²) < 4.78 is 20.0. The zero-order chi connectivity index (χ0) is 11.6. The Kier molecular flexibility index (Phi) is 8.76. The quantitative estimate of drug-likeness (QED) is 0.485. The molecule has 0 unspecified atom stereocenters. The summed E-state index contributed by atoms with van der Waals surface area (Å²) in [6, 6.07) is 0. The smallest absolute Gasteiger partial charge is 0.0718 e. The van der Waals surface area contributed by atoms with Crippen molar-refractivity contribution >= 4 is 16.2 Å². The molecular weight excluding hydrogens is 214 g/mol. The minimum absolute atomic E-state index is 0.563. The molecule has 0 fully saturated rings. The first-order valence-corrected chi connectivity index (χ1v) is 7.41. The van der Waals surface area contributed by atoms with Crippen molar-refractivity contribution in [3.63, 3.8) is 0 Å². The molecule has 1 N–H and O–H groups in total. The van der Waals surface area contributed by atoms with E-state index in [2.05, 4.69) is 17.4 Å². The third-order valence-corrected chi connectivity index (χ3v) is 2.72. The third-order valence-electron chi connectivity index (χ3n) is 1.56. The maximum Gasteiger partial charge on any atom is 0.0718 e. The second kappa shape index (κ2) is 8.95. The maximum absolute atomic E-state index is 9.46. The monoisotopic (exact) mass is 235 g/mol. The Bertz CT molecular complexity index is 197. The molecule has 4 nitrogen and oxygen atoms in total. The Morgan fingerprint density at radius 2 is 1.80 bits per heavy atom. The van der Waals surface area contributed by atoms with E-state index in [9.17, 15) is 4.55 Å². The van der Waals surface area contributed by atoms with Crippen LogP contribution in [0.4, 0.5) is 0 Å². The van der Waals surface area contributed by atoms with Crippen LogP contribution < -0.4 is 0 Å². The van der Waals surface area contributed by atoms with Crippen molar-refractivity contribution in [3.8, 4) is 0 Å². The molecule has 0 aliphatic carbocycles. The molecule has 0 spiro atoms. The number of aliphatic imine (C=N–C) groups is 1. The fourth-order valence-electron chi connectivity index (χ4n) is 0.774. The van der Waals surface area contributed by atoms with Crippen molar-refractivity contribution in [3.05, 3.63) is 6.58 Å². The lowest BCUT2D eigenvalue weighted by Crippen LogP contribution is -2.11. The summed E-state index contributed by atoms with van der Waals surface area (Å²) in [5.41, 5.74) is 0. The topological polar surface area (TPSA) is 51.0 Å². The van der Waals surface area contributed by atoms with E-state index < -0.39 is 10.3 Å². The predicted molar refractivity (Wildman–Crippen MR) is 66.5 cm³/mol. The maximum atomic E-state index is 9.46. The van der Waals surface area contributed by atoms with Crippen LogP contribution in [0.25, 0.3) is 0 Å². The molecule has 15 heavy (non-hydrogen) atoms. The van der Waals surface area contributed by atoms with Crippen molar-refractivity contribution in [2.75, 3.05) is 51.2 Å². The molecule has 0 amide bonds. The average Bonchev–Trinajstić information content (AvgIpc) is 2.14.